The van der Waals surface area contributed by atoms with E-state index in [1.165, 1.54) is 0 Å². The van der Waals surface area contributed by atoms with Crippen molar-refractivity contribution in [1.82, 2.24) is 0 Å². The summed E-state index contributed by atoms with van der Waals surface area (Å²) in [6.07, 6.45) is 7.88. The zero-order valence-corrected chi connectivity index (χ0v) is 17.3. The second-order valence-electron chi connectivity index (χ2n) is 6.13. The van der Waals surface area contributed by atoms with Crippen LogP contribution in [0.5, 0.6) is 0 Å². The Morgan fingerprint density at radius 3 is 2.12 bits per heavy atom. The molecule has 1 rings (SSSR count). The average Bonchev–Trinajstić information content (AvgIpc) is 2.60. The Kier molecular flexibility index (Phi) is 12.4. The summed E-state index contributed by atoms with van der Waals surface area (Å²) >= 11 is 2.25. The van der Waals surface area contributed by atoms with Crippen LogP contribution >= 0.6 is 22.6 Å². The summed E-state index contributed by atoms with van der Waals surface area (Å²) in [4.78, 5) is 23.0. The molecule has 25 heavy (non-hydrogen) atoms. The minimum absolute atomic E-state index is 0.0855. The van der Waals surface area contributed by atoms with Crippen molar-refractivity contribution in [3.8, 4) is 0 Å². The molecule has 0 radical (unpaired) electrons. The highest BCUT2D eigenvalue weighted by Gasteiger charge is 2.04. The molecule has 0 amide bonds. The molecule has 0 aromatic heterocycles. The third-order valence-corrected chi connectivity index (χ3v) is 4.44. The van der Waals surface area contributed by atoms with E-state index in [4.69, 9.17) is 9.47 Å². The number of benzene rings is 1. The molecular formula is C20H29IO4. The van der Waals surface area contributed by atoms with Gasteiger partial charge in [-0.3, -0.25) is 9.59 Å². The summed E-state index contributed by atoms with van der Waals surface area (Å²) in [7, 11) is 0. The first-order chi connectivity index (χ1) is 12.1. The molecule has 5 heteroatoms. The highest BCUT2D eigenvalue weighted by Crippen LogP contribution is 2.11. The van der Waals surface area contributed by atoms with Crippen LogP contribution in [0, 0.1) is 3.57 Å². The van der Waals surface area contributed by atoms with Crippen LogP contribution in [0.4, 0.5) is 0 Å². The molecule has 1 aromatic rings. The lowest BCUT2D eigenvalue weighted by Crippen LogP contribution is -2.05. The molecule has 140 valence electrons. The van der Waals surface area contributed by atoms with Crippen LogP contribution in [0.2, 0.25) is 0 Å². The van der Waals surface area contributed by atoms with Gasteiger partial charge in [0.05, 0.1) is 6.61 Å². The summed E-state index contributed by atoms with van der Waals surface area (Å²) in [6, 6.07) is 7.97. The summed E-state index contributed by atoms with van der Waals surface area (Å²) in [5.41, 5.74) is 1.03. The van der Waals surface area contributed by atoms with E-state index in [1.807, 2.05) is 31.2 Å². The van der Waals surface area contributed by atoms with Crippen LogP contribution in [0.25, 0.3) is 0 Å². The molecule has 1 aromatic carbocycles. The zero-order chi connectivity index (χ0) is 18.3. The Balaban J connectivity index is 1.93. The molecule has 0 N–H and O–H groups in total. The highest BCUT2D eigenvalue weighted by molar-refractivity contribution is 14.1. The van der Waals surface area contributed by atoms with E-state index in [1.54, 1.807) is 0 Å². The Morgan fingerprint density at radius 2 is 1.52 bits per heavy atom. The second-order valence-corrected chi connectivity index (χ2v) is 7.38. The number of carbonyl (C=O) groups excluding carboxylic acids is 2. The maximum atomic E-state index is 11.7. The number of carbonyl (C=O) groups is 2. The normalized spacial score (nSPS) is 10.5. The molecular weight excluding hydrogens is 431 g/mol. The van der Waals surface area contributed by atoms with Gasteiger partial charge in [0, 0.05) is 16.4 Å². The van der Waals surface area contributed by atoms with Crippen LogP contribution in [-0.4, -0.2) is 18.5 Å². The molecule has 0 aliphatic carbocycles. The molecule has 0 bridgehead atoms. The smallest absolute Gasteiger partial charge is 0.306 e. The van der Waals surface area contributed by atoms with Gasteiger partial charge in [0.15, 0.2) is 0 Å². The van der Waals surface area contributed by atoms with Crippen LogP contribution in [-0.2, 0) is 25.7 Å². The zero-order valence-electron chi connectivity index (χ0n) is 15.1. The van der Waals surface area contributed by atoms with Gasteiger partial charge in [0.1, 0.15) is 6.61 Å². The molecule has 0 fully saturated rings. The Morgan fingerprint density at radius 1 is 0.920 bits per heavy atom. The van der Waals surface area contributed by atoms with Gasteiger partial charge in [0.2, 0.25) is 0 Å². The van der Waals surface area contributed by atoms with Crippen molar-refractivity contribution in [3.05, 3.63) is 33.4 Å². The molecule has 0 spiro atoms. The van der Waals surface area contributed by atoms with Crippen LogP contribution in [0.1, 0.15) is 70.3 Å². The van der Waals surface area contributed by atoms with Crippen molar-refractivity contribution < 1.29 is 19.1 Å². The van der Waals surface area contributed by atoms with E-state index in [2.05, 4.69) is 22.6 Å². The molecule has 0 saturated heterocycles. The second kappa shape index (κ2) is 14.1. The van der Waals surface area contributed by atoms with Gasteiger partial charge in [0.25, 0.3) is 0 Å². The molecule has 4 nitrogen and oxygen atoms in total. The third kappa shape index (κ3) is 12.0. The summed E-state index contributed by atoms with van der Waals surface area (Å²) in [6.45, 7) is 2.87. The lowest BCUT2D eigenvalue weighted by Gasteiger charge is -2.06. The number of hydrogen-bond acceptors (Lipinski definition) is 4. The largest absolute Gasteiger partial charge is 0.466 e. The molecule has 0 aliphatic heterocycles. The number of unbranched alkanes of at least 4 members (excludes halogenated alkanes) is 5. The Bertz CT molecular complexity index is 516. The topological polar surface area (TPSA) is 52.6 Å². The van der Waals surface area contributed by atoms with Crippen molar-refractivity contribution in [3.63, 3.8) is 0 Å². The monoisotopic (exact) mass is 460 g/mol. The van der Waals surface area contributed by atoms with Crippen LogP contribution in [0.15, 0.2) is 24.3 Å². The van der Waals surface area contributed by atoms with Gasteiger partial charge in [-0.15, -0.1) is 0 Å². The van der Waals surface area contributed by atoms with Gasteiger partial charge >= 0.3 is 11.9 Å². The number of halogens is 1. The van der Waals surface area contributed by atoms with E-state index >= 15 is 0 Å². The van der Waals surface area contributed by atoms with Crippen molar-refractivity contribution in [2.75, 3.05) is 6.61 Å². The fourth-order valence-electron chi connectivity index (χ4n) is 2.40. The quantitative estimate of drug-likeness (QED) is 0.225. The summed E-state index contributed by atoms with van der Waals surface area (Å²) in [5.74, 6) is -0.213. The third-order valence-electron chi connectivity index (χ3n) is 3.77. The van der Waals surface area contributed by atoms with Gasteiger partial charge in [-0.25, -0.2) is 0 Å². The first-order valence-corrected chi connectivity index (χ1v) is 10.3. The van der Waals surface area contributed by atoms with E-state index in [9.17, 15) is 9.59 Å². The predicted octanol–water partition coefficient (Wildman–Crippen LogP) is 5.41. The van der Waals surface area contributed by atoms with E-state index in [0.717, 1.165) is 54.1 Å². The Hall–Kier alpha value is -1.11. The summed E-state index contributed by atoms with van der Waals surface area (Å²) < 4.78 is 11.5. The highest BCUT2D eigenvalue weighted by atomic mass is 127. The van der Waals surface area contributed by atoms with E-state index in [0.29, 0.717) is 26.1 Å². The van der Waals surface area contributed by atoms with Crippen LogP contribution in [0.3, 0.4) is 0 Å². The lowest BCUT2D eigenvalue weighted by atomic mass is 10.1. The van der Waals surface area contributed by atoms with E-state index in [-0.39, 0.29) is 11.9 Å². The summed E-state index contributed by atoms with van der Waals surface area (Å²) in [5, 5.41) is 0. The van der Waals surface area contributed by atoms with Gasteiger partial charge in [-0.2, -0.15) is 0 Å². The molecule has 0 aliphatic rings. The van der Waals surface area contributed by atoms with Gasteiger partial charge in [-0.05, 0) is 59.5 Å². The minimum atomic E-state index is -0.127. The molecule has 0 atom stereocenters. The van der Waals surface area contributed by atoms with Crippen molar-refractivity contribution in [1.29, 1.82) is 0 Å². The average molecular weight is 460 g/mol. The Labute approximate surface area is 164 Å². The maximum absolute atomic E-state index is 11.7. The number of esters is 2. The van der Waals surface area contributed by atoms with Crippen molar-refractivity contribution >= 4 is 34.5 Å². The van der Waals surface area contributed by atoms with Crippen LogP contribution < -0.4 is 0 Å². The fourth-order valence-corrected chi connectivity index (χ4v) is 3.00. The molecule has 0 heterocycles. The van der Waals surface area contributed by atoms with Crippen molar-refractivity contribution in [2.45, 2.75) is 71.3 Å². The van der Waals surface area contributed by atoms with E-state index < -0.39 is 0 Å². The van der Waals surface area contributed by atoms with Gasteiger partial charge in [-0.1, -0.05) is 44.7 Å². The van der Waals surface area contributed by atoms with Crippen molar-refractivity contribution in [2.24, 2.45) is 0 Å². The standard InChI is InChI=1S/C20H29IO4/c1-2-14-24-19(22)12-7-5-3-4-6-8-13-20(23)25-16-17-10-9-11-18(21)15-17/h9-11,15H,2-8,12-14,16H2,1H3. The number of rotatable bonds is 13. The lowest BCUT2D eigenvalue weighted by molar-refractivity contribution is -0.145. The maximum Gasteiger partial charge on any atom is 0.306 e. The molecule has 0 saturated carbocycles. The molecule has 0 unspecified atom stereocenters. The minimum Gasteiger partial charge on any atom is -0.466 e. The van der Waals surface area contributed by atoms with Gasteiger partial charge < -0.3 is 9.47 Å². The number of hydrogen-bond donors (Lipinski definition) is 0. The predicted molar refractivity (Wildman–Crippen MR) is 107 cm³/mol. The fraction of sp³-hybridized carbons (Fsp3) is 0.600. The first kappa shape index (κ1) is 21.9. The first-order valence-electron chi connectivity index (χ1n) is 9.17. The SMILES string of the molecule is CCCOC(=O)CCCCCCCCC(=O)OCc1cccc(I)c1. The number of ether oxygens (including phenoxy) is 2.